The second-order valence-electron chi connectivity index (χ2n) is 4.48. The lowest BCUT2D eigenvalue weighted by atomic mass is 10.4. The zero-order chi connectivity index (χ0) is 14.7. The minimum absolute atomic E-state index is 0.0432. The van der Waals surface area contributed by atoms with Crippen LogP contribution in [-0.4, -0.2) is 26.0 Å². The molecule has 2 rings (SSSR count). The number of oxazole rings is 1. The molecule has 0 aliphatic rings. The van der Waals surface area contributed by atoms with Crippen LogP contribution in [0.15, 0.2) is 4.42 Å². The third-order valence-electron chi connectivity index (χ3n) is 2.40. The molecule has 2 heterocycles. The molecule has 0 spiro atoms. The molecular weight excluding hydrogens is 282 g/mol. The van der Waals surface area contributed by atoms with Crippen molar-refractivity contribution in [2.24, 2.45) is 0 Å². The number of hydrogen-bond acceptors (Lipinski definition) is 7. The van der Waals surface area contributed by atoms with Gasteiger partial charge in [-0.2, -0.15) is 15.0 Å². The standard InChI is InChI=1S/C12H16ClN5O2/c1-6(2)19-12-17-10(13)16-11(18-12)14-5-9-15-7(3)8(4)20-9/h6H,5H2,1-4H3,(H,14,16,17,18). The van der Waals surface area contributed by atoms with E-state index in [1.807, 2.05) is 27.7 Å². The number of anilines is 1. The first-order valence-electron chi connectivity index (χ1n) is 6.19. The summed E-state index contributed by atoms with van der Waals surface area (Å²) in [5, 5.41) is 3.04. The van der Waals surface area contributed by atoms with E-state index >= 15 is 0 Å². The van der Waals surface area contributed by atoms with Crippen LogP contribution in [-0.2, 0) is 6.54 Å². The van der Waals surface area contributed by atoms with Crippen molar-refractivity contribution in [3.63, 3.8) is 0 Å². The Morgan fingerprint density at radius 1 is 1.20 bits per heavy atom. The normalized spacial score (nSPS) is 10.9. The zero-order valence-electron chi connectivity index (χ0n) is 11.8. The van der Waals surface area contributed by atoms with E-state index in [4.69, 9.17) is 20.8 Å². The lowest BCUT2D eigenvalue weighted by molar-refractivity contribution is 0.222. The van der Waals surface area contributed by atoms with Crippen LogP contribution < -0.4 is 10.1 Å². The van der Waals surface area contributed by atoms with Crippen molar-refractivity contribution in [2.45, 2.75) is 40.3 Å². The van der Waals surface area contributed by atoms with Crippen LogP contribution >= 0.6 is 11.6 Å². The summed E-state index contributed by atoms with van der Waals surface area (Å²) in [6.07, 6.45) is -0.0432. The first-order chi connectivity index (χ1) is 9.44. The molecule has 108 valence electrons. The van der Waals surface area contributed by atoms with E-state index in [1.165, 1.54) is 0 Å². The van der Waals surface area contributed by atoms with E-state index in [-0.39, 0.29) is 17.4 Å². The molecule has 0 aromatic carbocycles. The fourth-order valence-electron chi connectivity index (χ4n) is 1.44. The van der Waals surface area contributed by atoms with Crippen LogP contribution in [0.25, 0.3) is 0 Å². The topological polar surface area (TPSA) is 86.0 Å². The van der Waals surface area contributed by atoms with Gasteiger partial charge in [0.2, 0.25) is 17.1 Å². The number of aromatic nitrogens is 4. The van der Waals surface area contributed by atoms with Crippen LogP contribution in [0, 0.1) is 13.8 Å². The number of ether oxygens (including phenoxy) is 1. The van der Waals surface area contributed by atoms with E-state index in [1.54, 1.807) is 0 Å². The van der Waals surface area contributed by atoms with Gasteiger partial charge in [-0.3, -0.25) is 0 Å². The molecule has 0 radical (unpaired) electrons. The third-order valence-corrected chi connectivity index (χ3v) is 2.57. The molecule has 0 saturated heterocycles. The van der Waals surface area contributed by atoms with E-state index < -0.39 is 0 Å². The van der Waals surface area contributed by atoms with Crippen molar-refractivity contribution >= 4 is 17.5 Å². The fourth-order valence-corrected chi connectivity index (χ4v) is 1.60. The molecule has 0 fully saturated rings. The summed E-state index contributed by atoms with van der Waals surface area (Å²) in [6.45, 7) is 7.86. The van der Waals surface area contributed by atoms with Crippen LogP contribution in [0.4, 0.5) is 5.95 Å². The van der Waals surface area contributed by atoms with E-state index in [0.29, 0.717) is 18.4 Å². The van der Waals surface area contributed by atoms with Crippen molar-refractivity contribution in [2.75, 3.05) is 5.32 Å². The minimum Gasteiger partial charge on any atom is -0.461 e. The van der Waals surface area contributed by atoms with E-state index in [0.717, 1.165) is 11.5 Å². The van der Waals surface area contributed by atoms with E-state index in [2.05, 4.69) is 25.3 Å². The number of aryl methyl sites for hydroxylation is 2. The Bertz CT molecular complexity index is 580. The predicted octanol–water partition coefficient (Wildman–Crippen LogP) is 2.53. The summed E-state index contributed by atoms with van der Waals surface area (Å²) in [4.78, 5) is 16.2. The maximum absolute atomic E-state index is 5.82. The molecule has 0 unspecified atom stereocenters. The summed E-state index contributed by atoms with van der Waals surface area (Å²) in [5.41, 5.74) is 0.860. The molecule has 0 saturated carbocycles. The Kier molecular flexibility index (Phi) is 4.39. The van der Waals surface area contributed by atoms with Gasteiger partial charge in [-0.25, -0.2) is 4.98 Å². The monoisotopic (exact) mass is 297 g/mol. The number of halogens is 1. The maximum atomic E-state index is 5.82. The SMILES string of the molecule is Cc1nc(CNc2nc(Cl)nc(OC(C)C)n2)oc1C. The fraction of sp³-hybridized carbons (Fsp3) is 0.500. The van der Waals surface area contributed by atoms with Gasteiger partial charge in [-0.05, 0) is 39.3 Å². The first kappa shape index (κ1) is 14.5. The minimum atomic E-state index is -0.0432. The molecule has 1 N–H and O–H groups in total. The second-order valence-corrected chi connectivity index (χ2v) is 4.82. The summed E-state index contributed by atoms with van der Waals surface area (Å²) in [7, 11) is 0. The van der Waals surface area contributed by atoms with Crippen LogP contribution in [0.5, 0.6) is 6.01 Å². The molecule has 0 atom stereocenters. The Hall–Kier alpha value is -1.89. The third kappa shape index (κ3) is 3.80. The highest BCUT2D eigenvalue weighted by molar-refractivity contribution is 6.28. The molecule has 20 heavy (non-hydrogen) atoms. The Morgan fingerprint density at radius 3 is 2.55 bits per heavy atom. The average molecular weight is 298 g/mol. The molecular formula is C12H16ClN5O2. The van der Waals surface area contributed by atoms with Gasteiger partial charge in [0.25, 0.3) is 0 Å². The van der Waals surface area contributed by atoms with Crippen molar-refractivity contribution in [1.82, 2.24) is 19.9 Å². The number of nitrogens with zero attached hydrogens (tertiary/aromatic N) is 4. The highest BCUT2D eigenvalue weighted by atomic mass is 35.5. The Labute approximate surface area is 121 Å². The quantitative estimate of drug-likeness (QED) is 0.907. The van der Waals surface area contributed by atoms with Gasteiger partial charge in [0.15, 0.2) is 0 Å². The van der Waals surface area contributed by atoms with Gasteiger partial charge in [-0.15, -0.1) is 0 Å². The Morgan fingerprint density at radius 2 is 1.95 bits per heavy atom. The van der Waals surface area contributed by atoms with E-state index in [9.17, 15) is 0 Å². The highest BCUT2D eigenvalue weighted by Crippen LogP contribution is 2.14. The predicted molar refractivity (Wildman–Crippen MR) is 73.9 cm³/mol. The molecule has 0 amide bonds. The van der Waals surface area contributed by atoms with Gasteiger partial charge in [0, 0.05) is 0 Å². The van der Waals surface area contributed by atoms with Gasteiger partial charge >= 0.3 is 6.01 Å². The van der Waals surface area contributed by atoms with Gasteiger partial charge in [-0.1, -0.05) is 0 Å². The first-order valence-corrected chi connectivity index (χ1v) is 6.57. The van der Waals surface area contributed by atoms with Crippen LogP contribution in [0.1, 0.15) is 31.2 Å². The molecule has 2 aromatic rings. The number of hydrogen-bond donors (Lipinski definition) is 1. The van der Waals surface area contributed by atoms with Gasteiger partial charge in [0.1, 0.15) is 5.76 Å². The molecule has 2 aromatic heterocycles. The summed E-state index contributed by atoms with van der Waals surface area (Å²) in [6, 6.07) is 0.183. The van der Waals surface area contributed by atoms with Crippen molar-refractivity contribution in [1.29, 1.82) is 0 Å². The maximum Gasteiger partial charge on any atom is 0.322 e. The smallest absolute Gasteiger partial charge is 0.322 e. The lowest BCUT2D eigenvalue weighted by Gasteiger charge is -2.09. The molecule has 0 bridgehead atoms. The summed E-state index contributed by atoms with van der Waals surface area (Å²) in [5.74, 6) is 1.66. The van der Waals surface area contributed by atoms with Crippen molar-refractivity contribution < 1.29 is 9.15 Å². The molecule has 0 aliphatic heterocycles. The van der Waals surface area contributed by atoms with Crippen molar-refractivity contribution in [3.8, 4) is 6.01 Å². The zero-order valence-corrected chi connectivity index (χ0v) is 12.5. The highest BCUT2D eigenvalue weighted by Gasteiger charge is 2.10. The summed E-state index contributed by atoms with van der Waals surface area (Å²) < 4.78 is 10.8. The summed E-state index contributed by atoms with van der Waals surface area (Å²) >= 11 is 5.82. The van der Waals surface area contributed by atoms with Crippen LogP contribution in [0.3, 0.4) is 0 Å². The molecule has 0 aliphatic carbocycles. The molecule has 8 heteroatoms. The number of nitrogens with one attached hydrogen (secondary N) is 1. The lowest BCUT2D eigenvalue weighted by Crippen LogP contribution is -2.11. The average Bonchev–Trinajstić information content (AvgIpc) is 2.65. The van der Waals surface area contributed by atoms with Gasteiger partial charge < -0.3 is 14.5 Å². The van der Waals surface area contributed by atoms with Gasteiger partial charge in [0.05, 0.1) is 18.3 Å². The van der Waals surface area contributed by atoms with Crippen molar-refractivity contribution in [3.05, 3.63) is 22.6 Å². The van der Waals surface area contributed by atoms with Crippen LogP contribution in [0.2, 0.25) is 5.28 Å². The largest absolute Gasteiger partial charge is 0.461 e. The second kappa shape index (κ2) is 6.04. The number of rotatable bonds is 5. The molecule has 7 nitrogen and oxygen atoms in total. The Balaban J connectivity index is 2.07.